The minimum atomic E-state index is 0.396. The van der Waals surface area contributed by atoms with Gasteiger partial charge in [-0.3, -0.25) is 0 Å². The molecule has 0 aliphatic heterocycles. The average molecular weight is 197 g/mol. The van der Waals surface area contributed by atoms with Gasteiger partial charge in [-0.25, -0.2) is 0 Å². The lowest BCUT2D eigenvalue weighted by atomic mass is 9.52. The van der Waals surface area contributed by atoms with E-state index in [4.69, 9.17) is 12.6 Å². The lowest BCUT2D eigenvalue weighted by Gasteiger charge is -2.60. The van der Waals surface area contributed by atoms with Crippen molar-refractivity contribution in [1.29, 1.82) is 0 Å². The Hall–Kier alpha value is 0.310. The first-order valence-electron chi connectivity index (χ1n) is 5.54. The Morgan fingerprint density at radius 3 is 2.23 bits per heavy atom. The van der Waals surface area contributed by atoms with Crippen LogP contribution in [0.25, 0.3) is 0 Å². The first kappa shape index (κ1) is 8.60. The molecule has 0 amide bonds. The molecule has 0 radical (unpaired) electrons. The van der Waals surface area contributed by atoms with E-state index >= 15 is 0 Å². The van der Waals surface area contributed by atoms with Crippen LogP contribution >= 0.6 is 12.6 Å². The van der Waals surface area contributed by atoms with E-state index in [1.807, 2.05) is 0 Å². The number of nitrogens with one attached hydrogen (secondary N) is 1. The van der Waals surface area contributed by atoms with E-state index in [1.165, 1.54) is 38.5 Å². The fourth-order valence-electron chi connectivity index (χ4n) is 4.51. The van der Waals surface area contributed by atoms with E-state index in [0.29, 0.717) is 10.3 Å². The molecule has 4 aliphatic carbocycles. The SMILES string of the molecule is CNC12C[C@@H]3C[C@H](CC(S)(C3)C1)C2. The van der Waals surface area contributed by atoms with E-state index in [2.05, 4.69) is 12.4 Å². The molecule has 2 atom stereocenters. The number of hydrogen-bond acceptors (Lipinski definition) is 2. The molecule has 13 heavy (non-hydrogen) atoms. The highest BCUT2D eigenvalue weighted by atomic mass is 32.1. The van der Waals surface area contributed by atoms with Crippen molar-refractivity contribution in [3.63, 3.8) is 0 Å². The molecule has 2 heteroatoms. The second-order valence-corrected chi connectivity index (χ2v) is 6.66. The first-order valence-corrected chi connectivity index (χ1v) is 5.99. The molecule has 0 aromatic carbocycles. The van der Waals surface area contributed by atoms with Crippen LogP contribution in [-0.2, 0) is 0 Å². The maximum Gasteiger partial charge on any atom is 0.0197 e. The molecule has 0 heterocycles. The van der Waals surface area contributed by atoms with E-state index in [9.17, 15) is 0 Å². The molecular formula is C11H19NS. The molecule has 1 N–H and O–H groups in total. The van der Waals surface area contributed by atoms with Gasteiger partial charge in [0.05, 0.1) is 0 Å². The third-order valence-electron chi connectivity index (χ3n) is 4.56. The summed E-state index contributed by atoms with van der Waals surface area (Å²) in [5.41, 5.74) is 0.478. The third kappa shape index (κ3) is 1.18. The number of rotatable bonds is 1. The van der Waals surface area contributed by atoms with E-state index in [-0.39, 0.29) is 0 Å². The fourth-order valence-corrected chi connectivity index (χ4v) is 5.33. The summed E-state index contributed by atoms with van der Waals surface area (Å²) in [4.78, 5) is 0. The van der Waals surface area contributed by atoms with Gasteiger partial charge < -0.3 is 5.32 Å². The molecule has 4 rings (SSSR count). The molecule has 0 saturated heterocycles. The quantitative estimate of drug-likeness (QED) is 0.614. The first-order chi connectivity index (χ1) is 6.13. The van der Waals surface area contributed by atoms with Crippen molar-refractivity contribution in [3.05, 3.63) is 0 Å². The summed E-state index contributed by atoms with van der Waals surface area (Å²) in [5.74, 6) is 1.96. The zero-order valence-corrected chi connectivity index (χ0v) is 9.24. The van der Waals surface area contributed by atoms with E-state index in [1.54, 1.807) is 0 Å². The van der Waals surface area contributed by atoms with Crippen molar-refractivity contribution < 1.29 is 0 Å². The Kier molecular flexibility index (Phi) is 1.63. The fraction of sp³-hybridized carbons (Fsp3) is 1.00. The van der Waals surface area contributed by atoms with Crippen molar-refractivity contribution in [2.75, 3.05) is 7.05 Å². The molecular weight excluding hydrogens is 178 g/mol. The molecule has 74 valence electrons. The summed E-state index contributed by atoms with van der Waals surface area (Å²) < 4.78 is 0.396. The summed E-state index contributed by atoms with van der Waals surface area (Å²) in [6.45, 7) is 0. The van der Waals surface area contributed by atoms with Crippen molar-refractivity contribution in [1.82, 2.24) is 5.32 Å². The van der Waals surface area contributed by atoms with Crippen LogP contribution in [0.3, 0.4) is 0 Å². The Bertz CT molecular complexity index is 224. The van der Waals surface area contributed by atoms with Crippen LogP contribution in [0.15, 0.2) is 0 Å². The summed E-state index contributed by atoms with van der Waals surface area (Å²) in [7, 11) is 2.14. The molecule has 0 spiro atoms. The highest BCUT2D eigenvalue weighted by molar-refractivity contribution is 7.81. The van der Waals surface area contributed by atoms with Gasteiger partial charge in [-0.05, 0) is 57.4 Å². The van der Waals surface area contributed by atoms with Crippen LogP contribution in [0.4, 0.5) is 0 Å². The molecule has 0 aromatic rings. The average Bonchev–Trinajstić information content (AvgIpc) is 1.99. The van der Waals surface area contributed by atoms with Crippen LogP contribution in [0, 0.1) is 11.8 Å². The van der Waals surface area contributed by atoms with E-state index in [0.717, 1.165) is 11.8 Å². The molecule has 4 bridgehead atoms. The molecule has 1 nitrogen and oxygen atoms in total. The zero-order valence-electron chi connectivity index (χ0n) is 8.34. The van der Waals surface area contributed by atoms with Gasteiger partial charge in [-0.2, -0.15) is 12.6 Å². The van der Waals surface area contributed by atoms with Gasteiger partial charge in [-0.15, -0.1) is 0 Å². The summed E-state index contributed by atoms with van der Waals surface area (Å²) in [5, 5.41) is 3.59. The van der Waals surface area contributed by atoms with Gasteiger partial charge in [0, 0.05) is 10.3 Å². The van der Waals surface area contributed by atoms with Gasteiger partial charge in [0.25, 0.3) is 0 Å². The summed E-state index contributed by atoms with van der Waals surface area (Å²) in [6.07, 6.45) is 8.41. The topological polar surface area (TPSA) is 12.0 Å². The molecule has 4 saturated carbocycles. The van der Waals surface area contributed by atoms with Crippen molar-refractivity contribution in [3.8, 4) is 0 Å². The Morgan fingerprint density at radius 1 is 1.15 bits per heavy atom. The minimum Gasteiger partial charge on any atom is -0.314 e. The smallest absolute Gasteiger partial charge is 0.0197 e. The van der Waals surface area contributed by atoms with Gasteiger partial charge in [-0.1, -0.05) is 0 Å². The second-order valence-electron chi connectivity index (χ2n) is 5.72. The molecule has 4 fully saturated rings. The largest absolute Gasteiger partial charge is 0.314 e. The highest BCUT2D eigenvalue weighted by Crippen LogP contribution is 2.59. The summed E-state index contributed by atoms with van der Waals surface area (Å²) >= 11 is 4.92. The van der Waals surface area contributed by atoms with Crippen molar-refractivity contribution in [2.45, 2.75) is 48.8 Å². The standard InChI is InChI=1S/C11H19NS/c1-12-10-3-8-2-9(4-10)6-11(13,5-8)7-10/h8-9,12-13H,2-7H2,1H3/t8-,9-,10?,11?/m0/s1. The van der Waals surface area contributed by atoms with Gasteiger partial charge in [0.15, 0.2) is 0 Å². The minimum absolute atomic E-state index is 0.396. The highest BCUT2D eigenvalue weighted by Gasteiger charge is 2.55. The van der Waals surface area contributed by atoms with Crippen LogP contribution in [0.1, 0.15) is 38.5 Å². The maximum atomic E-state index is 4.92. The molecule has 4 aliphatic rings. The molecule has 0 unspecified atom stereocenters. The monoisotopic (exact) mass is 197 g/mol. The Labute approximate surface area is 86.1 Å². The van der Waals surface area contributed by atoms with Gasteiger partial charge in [0.2, 0.25) is 0 Å². The van der Waals surface area contributed by atoms with Crippen molar-refractivity contribution >= 4 is 12.6 Å². The number of hydrogen-bond donors (Lipinski definition) is 2. The zero-order chi connectivity index (χ0) is 9.10. The van der Waals surface area contributed by atoms with Crippen LogP contribution in [0.2, 0.25) is 0 Å². The van der Waals surface area contributed by atoms with Crippen LogP contribution < -0.4 is 5.32 Å². The maximum absolute atomic E-state index is 4.92. The molecule has 0 aromatic heterocycles. The lowest BCUT2D eigenvalue weighted by Crippen LogP contribution is -2.62. The third-order valence-corrected chi connectivity index (χ3v) is 5.08. The second kappa shape index (κ2) is 2.46. The summed E-state index contributed by atoms with van der Waals surface area (Å²) in [6, 6.07) is 0. The predicted octanol–water partition coefficient (Wildman–Crippen LogP) is 2.23. The van der Waals surface area contributed by atoms with Crippen LogP contribution in [-0.4, -0.2) is 17.3 Å². The Morgan fingerprint density at radius 2 is 1.77 bits per heavy atom. The van der Waals surface area contributed by atoms with Crippen LogP contribution in [0.5, 0.6) is 0 Å². The van der Waals surface area contributed by atoms with Gasteiger partial charge >= 0.3 is 0 Å². The lowest BCUT2D eigenvalue weighted by molar-refractivity contribution is 0.00130. The normalized spacial score (nSPS) is 58.6. The number of thiol groups is 1. The van der Waals surface area contributed by atoms with E-state index < -0.39 is 0 Å². The van der Waals surface area contributed by atoms with Gasteiger partial charge in [0.1, 0.15) is 0 Å². The van der Waals surface area contributed by atoms with Crippen molar-refractivity contribution in [2.24, 2.45) is 11.8 Å². The predicted molar refractivity (Wildman–Crippen MR) is 58.2 cm³/mol. The Balaban J connectivity index is 1.95.